The molecule has 2 aromatic rings. The van der Waals surface area contributed by atoms with Gasteiger partial charge in [-0.1, -0.05) is 24.3 Å². The van der Waals surface area contributed by atoms with Crippen molar-refractivity contribution in [2.45, 2.75) is 25.7 Å². The topological polar surface area (TPSA) is 74.2 Å². The minimum absolute atomic E-state index is 0.0433. The highest BCUT2D eigenvalue weighted by Crippen LogP contribution is 2.35. The zero-order chi connectivity index (χ0) is 18.4. The van der Waals surface area contributed by atoms with Crippen molar-refractivity contribution >= 4 is 5.97 Å². The number of benzene rings is 2. The SMILES string of the molecule is COc1ccc(COc2cccc(CCC(=O)O)c2C2OCCO2)cc1. The zero-order valence-electron chi connectivity index (χ0n) is 14.6. The second-order valence-corrected chi connectivity index (χ2v) is 5.93. The molecule has 2 aromatic carbocycles. The molecule has 0 atom stereocenters. The van der Waals surface area contributed by atoms with Gasteiger partial charge in [0.15, 0.2) is 6.29 Å². The van der Waals surface area contributed by atoms with Crippen LogP contribution in [0.5, 0.6) is 11.5 Å². The molecule has 138 valence electrons. The van der Waals surface area contributed by atoms with Crippen LogP contribution in [0, 0.1) is 0 Å². The summed E-state index contributed by atoms with van der Waals surface area (Å²) in [4.78, 5) is 10.9. The van der Waals surface area contributed by atoms with E-state index in [-0.39, 0.29) is 6.42 Å². The third-order valence-electron chi connectivity index (χ3n) is 4.18. The van der Waals surface area contributed by atoms with Gasteiger partial charge in [0.05, 0.1) is 25.9 Å². The largest absolute Gasteiger partial charge is 0.497 e. The minimum atomic E-state index is -0.839. The molecular weight excluding hydrogens is 336 g/mol. The molecule has 0 saturated carbocycles. The van der Waals surface area contributed by atoms with Crippen molar-refractivity contribution in [1.82, 2.24) is 0 Å². The number of methoxy groups -OCH3 is 1. The van der Waals surface area contributed by atoms with Gasteiger partial charge in [-0.05, 0) is 35.7 Å². The highest BCUT2D eigenvalue weighted by atomic mass is 16.7. The third-order valence-corrected chi connectivity index (χ3v) is 4.18. The Balaban J connectivity index is 1.79. The van der Waals surface area contributed by atoms with Gasteiger partial charge in [-0.2, -0.15) is 0 Å². The molecule has 1 aliphatic rings. The Kier molecular flexibility index (Phi) is 6.09. The van der Waals surface area contributed by atoms with Gasteiger partial charge in [0.2, 0.25) is 0 Å². The summed E-state index contributed by atoms with van der Waals surface area (Å²) in [6.45, 7) is 1.40. The number of rotatable bonds is 8. The smallest absolute Gasteiger partial charge is 0.303 e. The van der Waals surface area contributed by atoms with Crippen LogP contribution in [-0.4, -0.2) is 31.4 Å². The summed E-state index contributed by atoms with van der Waals surface area (Å²) in [5.41, 5.74) is 2.65. The van der Waals surface area contributed by atoms with E-state index in [4.69, 9.17) is 24.1 Å². The Morgan fingerprint density at radius 1 is 1.15 bits per heavy atom. The van der Waals surface area contributed by atoms with Crippen LogP contribution in [0.3, 0.4) is 0 Å². The zero-order valence-corrected chi connectivity index (χ0v) is 14.6. The van der Waals surface area contributed by atoms with Crippen LogP contribution in [0.25, 0.3) is 0 Å². The number of aryl methyl sites for hydroxylation is 1. The quantitative estimate of drug-likeness (QED) is 0.780. The van der Waals surface area contributed by atoms with Gasteiger partial charge in [0.25, 0.3) is 0 Å². The highest BCUT2D eigenvalue weighted by molar-refractivity contribution is 5.67. The molecule has 1 heterocycles. The summed E-state index contributed by atoms with van der Waals surface area (Å²) >= 11 is 0. The number of ether oxygens (including phenoxy) is 4. The molecule has 1 saturated heterocycles. The molecule has 0 radical (unpaired) electrons. The summed E-state index contributed by atoms with van der Waals surface area (Å²) in [7, 11) is 1.63. The maximum absolute atomic E-state index is 10.9. The molecular formula is C20H22O6. The van der Waals surface area contributed by atoms with Crippen LogP contribution >= 0.6 is 0 Å². The number of carboxylic acid groups (broad SMARTS) is 1. The molecule has 1 N–H and O–H groups in total. The summed E-state index contributed by atoms with van der Waals surface area (Å²) in [6, 6.07) is 13.2. The molecule has 26 heavy (non-hydrogen) atoms. The third kappa shape index (κ3) is 4.53. The van der Waals surface area contributed by atoms with E-state index < -0.39 is 12.3 Å². The monoisotopic (exact) mass is 358 g/mol. The highest BCUT2D eigenvalue weighted by Gasteiger charge is 2.25. The summed E-state index contributed by atoms with van der Waals surface area (Å²) in [6.07, 6.45) is -0.0826. The predicted octanol–water partition coefficient (Wildman–Crippen LogP) is 3.34. The first-order chi connectivity index (χ1) is 12.7. The maximum atomic E-state index is 10.9. The Morgan fingerprint density at radius 3 is 2.54 bits per heavy atom. The van der Waals surface area contributed by atoms with Crippen molar-refractivity contribution in [1.29, 1.82) is 0 Å². The van der Waals surface area contributed by atoms with E-state index in [2.05, 4.69) is 0 Å². The van der Waals surface area contributed by atoms with Crippen LogP contribution in [0.4, 0.5) is 0 Å². The first-order valence-corrected chi connectivity index (χ1v) is 8.50. The van der Waals surface area contributed by atoms with E-state index in [9.17, 15) is 4.79 Å². The van der Waals surface area contributed by atoms with Crippen molar-refractivity contribution in [2.75, 3.05) is 20.3 Å². The fourth-order valence-electron chi connectivity index (χ4n) is 2.85. The number of carboxylic acids is 1. The van der Waals surface area contributed by atoms with E-state index in [0.717, 1.165) is 22.4 Å². The average molecular weight is 358 g/mol. The minimum Gasteiger partial charge on any atom is -0.497 e. The standard InChI is InChI=1S/C20H22O6/c1-23-16-8-5-14(6-9-16)13-26-17-4-2-3-15(7-10-18(21)22)19(17)20-24-11-12-25-20/h2-6,8-9,20H,7,10-13H2,1H3,(H,21,22). The molecule has 3 rings (SSSR count). The molecule has 6 nitrogen and oxygen atoms in total. The molecule has 0 amide bonds. The van der Waals surface area contributed by atoms with Gasteiger partial charge < -0.3 is 24.1 Å². The molecule has 6 heteroatoms. The van der Waals surface area contributed by atoms with E-state index in [1.807, 2.05) is 42.5 Å². The van der Waals surface area contributed by atoms with Crippen LogP contribution in [-0.2, 0) is 27.3 Å². The lowest BCUT2D eigenvalue weighted by Gasteiger charge is -2.19. The Morgan fingerprint density at radius 2 is 1.88 bits per heavy atom. The fraction of sp³-hybridized carbons (Fsp3) is 0.350. The van der Waals surface area contributed by atoms with Crippen molar-refractivity contribution in [3.63, 3.8) is 0 Å². The number of aliphatic carboxylic acids is 1. The lowest BCUT2D eigenvalue weighted by molar-refractivity contribution is -0.137. The van der Waals surface area contributed by atoms with E-state index >= 15 is 0 Å². The van der Waals surface area contributed by atoms with Crippen molar-refractivity contribution in [2.24, 2.45) is 0 Å². The summed E-state index contributed by atoms with van der Waals surface area (Å²) in [5, 5.41) is 8.99. The molecule has 0 aromatic heterocycles. The van der Waals surface area contributed by atoms with Crippen LogP contribution in [0.2, 0.25) is 0 Å². The molecule has 0 spiro atoms. The van der Waals surface area contributed by atoms with Gasteiger partial charge >= 0.3 is 5.97 Å². The van der Waals surface area contributed by atoms with E-state index in [1.165, 1.54) is 0 Å². The first-order valence-electron chi connectivity index (χ1n) is 8.50. The molecule has 1 fully saturated rings. The van der Waals surface area contributed by atoms with E-state index in [0.29, 0.717) is 32.0 Å². The number of hydrogen-bond donors (Lipinski definition) is 1. The van der Waals surface area contributed by atoms with Gasteiger partial charge in [0.1, 0.15) is 18.1 Å². The Hall–Kier alpha value is -2.57. The summed E-state index contributed by atoms with van der Waals surface area (Å²) < 4.78 is 22.5. The van der Waals surface area contributed by atoms with Crippen LogP contribution < -0.4 is 9.47 Å². The number of hydrogen-bond acceptors (Lipinski definition) is 5. The lowest BCUT2D eigenvalue weighted by atomic mass is 10.0. The van der Waals surface area contributed by atoms with Crippen LogP contribution in [0.1, 0.15) is 29.4 Å². The van der Waals surface area contributed by atoms with Crippen LogP contribution in [0.15, 0.2) is 42.5 Å². The molecule has 1 aliphatic heterocycles. The van der Waals surface area contributed by atoms with Crippen molar-refractivity contribution in [3.05, 3.63) is 59.2 Å². The number of carbonyl (C=O) groups is 1. The second kappa shape index (κ2) is 8.69. The van der Waals surface area contributed by atoms with E-state index in [1.54, 1.807) is 7.11 Å². The fourth-order valence-corrected chi connectivity index (χ4v) is 2.85. The van der Waals surface area contributed by atoms with Gasteiger partial charge in [-0.25, -0.2) is 0 Å². The normalized spacial score (nSPS) is 14.3. The summed E-state index contributed by atoms with van der Waals surface area (Å²) in [5.74, 6) is 0.599. The molecule has 0 aliphatic carbocycles. The predicted molar refractivity (Wildman–Crippen MR) is 94.4 cm³/mol. The lowest BCUT2D eigenvalue weighted by Crippen LogP contribution is -2.09. The first kappa shape index (κ1) is 18.2. The second-order valence-electron chi connectivity index (χ2n) is 5.93. The Labute approximate surface area is 152 Å². The van der Waals surface area contributed by atoms with Gasteiger partial charge in [-0.15, -0.1) is 0 Å². The molecule has 0 unspecified atom stereocenters. The van der Waals surface area contributed by atoms with Gasteiger partial charge in [-0.3, -0.25) is 4.79 Å². The molecule has 0 bridgehead atoms. The maximum Gasteiger partial charge on any atom is 0.303 e. The average Bonchev–Trinajstić information content (AvgIpc) is 3.19. The van der Waals surface area contributed by atoms with Crippen molar-refractivity contribution < 1.29 is 28.8 Å². The van der Waals surface area contributed by atoms with Crippen molar-refractivity contribution in [3.8, 4) is 11.5 Å². The van der Waals surface area contributed by atoms with Gasteiger partial charge in [0, 0.05) is 6.42 Å². The Bertz CT molecular complexity index is 734.